The molecule has 1 aromatic carbocycles. The summed E-state index contributed by atoms with van der Waals surface area (Å²) in [7, 11) is -2.52. The maximum absolute atomic E-state index is 12.9. The Morgan fingerprint density at radius 2 is 1.25 bits per heavy atom. The number of halogens is 6. The zero-order valence-electron chi connectivity index (χ0n) is 17.1. The van der Waals surface area contributed by atoms with Crippen molar-refractivity contribution in [2.24, 2.45) is 0 Å². The molecule has 160 valence electrons. The number of alkyl halides is 6. The van der Waals surface area contributed by atoms with Crippen molar-refractivity contribution in [3.8, 4) is 0 Å². The second-order valence-corrected chi connectivity index (χ2v) is 12.7. The van der Waals surface area contributed by atoms with Crippen molar-refractivity contribution in [3.63, 3.8) is 0 Å². The first-order valence-electron chi connectivity index (χ1n) is 8.85. The SMILES string of the molecule is CC(C)(C)P(CC(=N)O[BH2-]c1cc(C(F)(F)F)cc(C(F)(F)F)c1)C(C)(C)C. The van der Waals surface area contributed by atoms with E-state index < -0.39 is 38.9 Å². The lowest BCUT2D eigenvalue weighted by atomic mass is 9.85. The first-order valence-corrected chi connectivity index (χ1v) is 10.4. The van der Waals surface area contributed by atoms with Crippen LogP contribution in [0.25, 0.3) is 0 Å². The van der Waals surface area contributed by atoms with Crippen LogP contribution in [0.15, 0.2) is 18.2 Å². The van der Waals surface area contributed by atoms with Crippen molar-refractivity contribution in [3.05, 3.63) is 29.3 Å². The van der Waals surface area contributed by atoms with Crippen molar-refractivity contribution in [2.75, 3.05) is 6.16 Å². The largest absolute Gasteiger partial charge is 0.704 e. The van der Waals surface area contributed by atoms with Crippen molar-refractivity contribution in [2.45, 2.75) is 64.2 Å². The van der Waals surface area contributed by atoms with E-state index in [2.05, 4.69) is 41.5 Å². The monoisotopic (exact) mass is 428 g/mol. The molecule has 0 aliphatic heterocycles. The molecule has 0 unspecified atom stereocenters. The Kier molecular flexibility index (Phi) is 7.31. The van der Waals surface area contributed by atoms with Crippen LogP contribution in [0.5, 0.6) is 0 Å². The third-order valence-corrected chi connectivity index (χ3v) is 8.08. The quantitative estimate of drug-likeness (QED) is 0.222. The molecule has 0 saturated heterocycles. The molecule has 0 saturated carbocycles. The Morgan fingerprint density at radius 1 is 0.857 bits per heavy atom. The maximum Gasteiger partial charge on any atom is 0.416 e. The van der Waals surface area contributed by atoms with Gasteiger partial charge in [-0.1, -0.05) is 61.6 Å². The summed E-state index contributed by atoms with van der Waals surface area (Å²) in [5.41, 5.74) is -2.87. The molecule has 1 rings (SSSR count). The average molecular weight is 428 g/mol. The Bertz CT molecular complexity index is 658. The molecule has 0 spiro atoms. The summed E-state index contributed by atoms with van der Waals surface area (Å²) < 4.78 is 83.0. The van der Waals surface area contributed by atoms with Crippen molar-refractivity contribution in [1.82, 2.24) is 0 Å². The van der Waals surface area contributed by atoms with Gasteiger partial charge in [0.25, 0.3) is 0 Å². The summed E-state index contributed by atoms with van der Waals surface area (Å²) in [5, 5.41) is 7.90. The van der Waals surface area contributed by atoms with Gasteiger partial charge in [-0.15, -0.1) is 0 Å². The van der Waals surface area contributed by atoms with Crippen LogP contribution in [0.2, 0.25) is 0 Å². The van der Waals surface area contributed by atoms with Crippen LogP contribution in [0, 0.1) is 5.41 Å². The van der Waals surface area contributed by atoms with Crippen LogP contribution < -0.4 is 5.46 Å². The zero-order valence-corrected chi connectivity index (χ0v) is 18.0. The Hall–Kier alpha value is -1.24. The predicted octanol–water partition coefficient (Wildman–Crippen LogP) is 5.51. The van der Waals surface area contributed by atoms with E-state index in [-0.39, 0.29) is 27.7 Å². The second kappa shape index (κ2) is 8.25. The molecular formula is C18H26BF6NOP-. The molecule has 2 nitrogen and oxygen atoms in total. The summed E-state index contributed by atoms with van der Waals surface area (Å²) in [6, 6.07) is 1.46. The highest BCUT2D eigenvalue weighted by molar-refractivity contribution is 7.61. The van der Waals surface area contributed by atoms with Gasteiger partial charge in [0.05, 0.1) is 11.1 Å². The summed E-state index contributed by atoms with van der Waals surface area (Å²) in [5.74, 6) is -0.0815. The van der Waals surface area contributed by atoms with Crippen LogP contribution in [0.1, 0.15) is 52.7 Å². The zero-order chi connectivity index (χ0) is 22.1. The molecule has 0 bridgehead atoms. The van der Waals surface area contributed by atoms with E-state index in [0.29, 0.717) is 18.3 Å². The highest BCUT2D eigenvalue weighted by Gasteiger charge is 2.37. The Labute approximate surface area is 163 Å². The predicted molar refractivity (Wildman–Crippen MR) is 105 cm³/mol. The number of benzene rings is 1. The molecule has 0 aromatic heterocycles. The minimum atomic E-state index is -4.89. The van der Waals surface area contributed by atoms with E-state index in [0.717, 1.165) is 0 Å². The van der Waals surface area contributed by atoms with Crippen molar-refractivity contribution >= 4 is 26.8 Å². The van der Waals surface area contributed by atoms with Gasteiger partial charge >= 0.3 is 12.4 Å². The van der Waals surface area contributed by atoms with Gasteiger partial charge in [-0.2, -0.15) is 31.8 Å². The number of nitrogens with one attached hydrogen (secondary N) is 1. The lowest BCUT2D eigenvalue weighted by Gasteiger charge is -2.42. The van der Waals surface area contributed by atoms with E-state index in [1.54, 1.807) is 0 Å². The van der Waals surface area contributed by atoms with Crippen molar-refractivity contribution < 1.29 is 31.0 Å². The average Bonchev–Trinajstić information content (AvgIpc) is 2.46. The normalized spacial score (nSPS) is 13.8. The van der Waals surface area contributed by atoms with Crippen LogP contribution in [-0.4, -0.2) is 29.9 Å². The fraction of sp³-hybridized carbons (Fsp3) is 0.611. The van der Waals surface area contributed by atoms with Gasteiger partial charge in [-0.3, -0.25) is 5.41 Å². The first-order chi connectivity index (χ1) is 12.3. The van der Waals surface area contributed by atoms with E-state index >= 15 is 0 Å². The molecule has 0 fully saturated rings. The highest BCUT2D eigenvalue weighted by Crippen LogP contribution is 2.59. The summed E-state index contributed by atoms with van der Waals surface area (Å²) in [6.07, 6.45) is -9.44. The van der Waals surface area contributed by atoms with E-state index in [1.165, 1.54) is 0 Å². The summed E-state index contributed by atoms with van der Waals surface area (Å²) in [4.78, 5) is 0. The first kappa shape index (κ1) is 24.8. The number of rotatable bonds is 4. The summed E-state index contributed by atoms with van der Waals surface area (Å²) in [6.45, 7) is 12.3. The Balaban J connectivity index is 3.01. The fourth-order valence-corrected chi connectivity index (χ4v) is 6.54. The minimum Gasteiger partial charge on any atom is -0.704 e. The van der Waals surface area contributed by atoms with Gasteiger partial charge < -0.3 is 4.65 Å². The van der Waals surface area contributed by atoms with Gasteiger partial charge in [-0.25, -0.2) is 0 Å². The molecule has 0 amide bonds. The molecular weight excluding hydrogens is 402 g/mol. The third-order valence-electron chi connectivity index (χ3n) is 4.24. The maximum atomic E-state index is 12.9. The van der Waals surface area contributed by atoms with Crippen LogP contribution in [-0.2, 0) is 17.0 Å². The van der Waals surface area contributed by atoms with E-state index in [4.69, 9.17) is 10.1 Å². The lowest BCUT2D eigenvalue weighted by molar-refractivity contribution is -0.142. The molecule has 10 heteroatoms. The standard InChI is InChI=1S/C18H26BF6NOP/c1-15(2,3)28(16(4,5)6)10-14(26)27-19-13-8-11(17(20,21)22)7-12(9-13)18(23,24)25/h7-9,26H,10,19H2,1-6H3/q-1. The van der Waals surface area contributed by atoms with Gasteiger partial charge in [0, 0.05) is 6.16 Å². The van der Waals surface area contributed by atoms with E-state index in [9.17, 15) is 26.3 Å². The van der Waals surface area contributed by atoms with Gasteiger partial charge in [0.2, 0.25) is 0 Å². The van der Waals surface area contributed by atoms with Crippen molar-refractivity contribution in [1.29, 1.82) is 5.41 Å². The molecule has 0 atom stereocenters. The molecule has 0 heterocycles. The van der Waals surface area contributed by atoms with E-state index in [1.807, 2.05) is 0 Å². The highest BCUT2D eigenvalue weighted by atomic mass is 31.1. The van der Waals surface area contributed by atoms with Crippen LogP contribution >= 0.6 is 7.92 Å². The lowest BCUT2D eigenvalue weighted by Crippen LogP contribution is -2.31. The molecule has 1 N–H and O–H groups in total. The molecule has 0 aliphatic carbocycles. The molecule has 0 radical (unpaired) electrons. The minimum absolute atomic E-state index is 0.0805. The van der Waals surface area contributed by atoms with Crippen LogP contribution in [0.3, 0.4) is 0 Å². The summed E-state index contributed by atoms with van der Waals surface area (Å²) >= 11 is 0. The fourth-order valence-electron chi connectivity index (χ4n) is 3.16. The van der Waals surface area contributed by atoms with Gasteiger partial charge in [0.1, 0.15) is 5.90 Å². The molecule has 28 heavy (non-hydrogen) atoms. The Morgan fingerprint density at radius 3 is 1.57 bits per heavy atom. The number of hydrogen-bond donors (Lipinski definition) is 1. The molecule has 1 aromatic rings. The number of hydrogen-bond acceptors (Lipinski definition) is 2. The van der Waals surface area contributed by atoms with Gasteiger partial charge in [-0.05, 0) is 16.4 Å². The van der Waals surface area contributed by atoms with Crippen LogP contribution in [0.4, 0.5) is 26.3 Å². The second-order valence-electron chi connectivity index (χ2n) is 8.84. The molecule has 0 aliphatic rings. The smallest absolute Gasteiger partial charge is 0.416 e. The topological polar surface area (TPSA) is 33.1 Å². The van der Waals surface area contributed by atoms with Gasteiger partial charge in [0.15, 0.2) is 7.48 Å². The third kappa shape index (κ3) is 7.30.